The number of rotatable bonds is 5. The number of hydrogen-bond acceptors (Lipinski definition) is 5. The molecule has 4 amide bonds. The zero-order valence-corrected chi connectivity index (χ0v) is 14.3. The molecule has 2 aliphatic heterocycles. The van der Waals surface area contributed by atoms with Gasteiger partial charge >= 0.3 is 17.9 Å². The highest BCUT2D eigenvalue weighted by molar-refractivity contribution is 6.35. The number of hydrogen-bond donors (Lipinski definition) is 2. The first-order chi connectivity index (χ1) is 12.5. The van der Waals surface area contributed by atoms with E-state index in [2.05, 4.69) is 10.6 Å². The van der Waals surface area contributed by atoms with Gasteiger partial charge in [0.05, 0.1) is 0 Å². The molecular weight excluding hydrogens is 340 g/mol. The maximum absolute atomic E-state index is 12.2. The molecule has 138 valence electrons. The Hall–Kier alpha value is -3.10. The first-order valence-electron chi connectivity index (χ1n) is 8.38. The highest BCUT2D eigenvalue weighted by Gasteiger charge is 2.48. The van der Waals surface area contributed by atoms with Crippen LogP contribution >= 0.6 is 0 Å². The molecule has 0 aromatic heterocycles. The highest BCUT2D eigenvalue weighted by atomic mass is 16.5. The van der Waals surface area contributed by atoms with Crippen molar-refractivity contribution in [3.8, 4) is 0 Å². The second-order valence-electron chi connectivity index (χ2n) is 6.02. The van der Waals surface area contributed by atoms with Crippen LogP contribution in [0.2, 0.25) is 0 Å². The number of β-lactam (4-membered cyclic amide) rings is 1. The molecule has 0 saturated carbocycles. The van der Waals surface area contributed by atoms with E-state index in [1.54, 1.807) is 6.92 Å². The number of ether oxygens (including phenoxy) is 1. The molecule has 0 spiro atoms. The lowest BCUT2D eigenvalue weighted by Gasteiger charge is -2.46. The molecule has 9 heteroatoms. The van der Waals surface area contributed by atoms with Gasteiger partial charge in [-0.15, -0.1) is 0 Å². The normalized spacial score (nSPS) is 22.6. The summed E-state index contributed by atoms with van der Waals surface area (Å²) in [6.45, 7) is 2.99. The zero-order chi connectivity index (χ0) is 18.7. The number of carbonyl (C=O) groups excluding carboxylic acids is 4. The van der Waals surface area contributed by atoms with Gasteiger partial charge in [0.1, 0.15) is 18.8 Å². The molecule has 0 radical (unpaired) electrons. The third-order valence-electron chi connectivity index (χ3n) is 4.43. The minimum absolute atomic E-state index is 0.0677. The van der Waals surface area contributed by atoms with E-state index in [1.165, 1.54) is 9.80 Å². The minimum atomic E-state index is -0.941. The lowest BCUT2D eigenvalue weighted by Crippen LogP contribution is -2.77. The molecule has 0 bridgehead atoms. The quantitative estimate of drug-likeness (QED) is 0.540. The number of amides is 4. The Morgan fingerprint density at radius 1 is 1.19 bits per heavy atom. The van der Waals surface area contributed by atoms with Gasteiger partial charge in [-0.3, -0.25) is 14.4 Å². The Kier molecular flexibility index (Phi) is 5.06. The average molecular weight is 360 g/mol. The van der Waals surface area contributed by atoms with Crippen molar-refractivity contribution in [1.82, 2.24) is 20.4 Å². The van der Waals surface area contributed by atoms with Crippen molar-refractivity contribution in [3.05, 3.63) is 35.9 Å². The predicted octanol–water partition coefficient (Wildman–Crippen LogP) is -0.572. The fraction of sp³-hybridized carbons (Fsp3) is 0.412. The summed E-state index contributed by atoms with van der Waals surface area (Å²) in [5.74, 6) is -1.72. The van der Waals surface area contributed by atoms with Crippen molar-refractivity contribution >= 4 is 23.8 Å². The van der Waals surface area contributed by atoms with E-state index < -0.39 is 36.0 Å². The van der Waals surface area contributed by atoms with Crippen LogP contribution in [-0.4, -0.2) is 65.5 Å². The molecule has 2 aliphatic rings. The highest BCUT2D eigenvalue weighted by Crippen LogP contribution is 2.16. The van der Waals surface area contributed by atoms with Gasteiger partial charge in [0.25, 0.3) is 0 Å². The topological polar surface area (TPSA) is 108 Å². The van der Waals surface area contributed by atoms with Crippen molar-refractivity contribution in [1.29, 1.82) is 0 Å². The summed E-state index contributed by atoms with van der Waals surface area (Å²) < 4.78 is 5.09. The minimum Gasteiger partial charge on any atom is -0.445 e. The third kappa shape index (κ3) is 3.46. The Morgan fingerprint density at radius 3 is 2.58 bits per heavy atom. The van der Waals surface area contributed by atoms with Crippen molar-refractivity contribution in [2.75, 3.05) is 19.6 Å². The van der Waals surface area contributed by atoms with Gasteiger partial charge in [-0.05, 0) is 12.5 Å². The molecular formula is C17H20N4O5. The van der Waals surface area contributed by atoms with Gasteiger partial charge in [0, 0.05) is 19.6 Å². The van der Waals surface area contributed by atoms with Crippen LogP contribution < -0.4 is 10.6 Å². The molecule has 2 atom stereocenters. The van der Waals surface area contributed by atoms with Crippen LogP contribution in [0.4, 0.5) is 4.79 Å². The molecule has 1 aromatic rings. The predicted molar refractivity (Wildman–Crippen MR) is 89.4 cm³/mol. The number of benzene rings is 1. The van der Waals surface area contributed by atoms with Gasteiger partial charge < -0.3 is 25.2 Å². The lowest BCUT2D eigenvalue weighted by molar-refractivity contribution is -0.162. The lowest BCUT2D eigenvalue weighted by atomic mass is 10.0. The van der Waals surface area contributed by atoms with E-state index in [0.29, 0.717) is 19.6 Å². The number of carbonyl (C=O) groups is 4. The van der Waals surface area contributed by atoms with Gasteiger partial charge in [-0.25, -0.2) is 4.79 Å². The molecule has 9 nitrogen and oxygen atoms in total. The van der Waals surface area contributed by atoms with E-state index in [9.17, 15) is 19.2 Å². The zero-order valence-electron chi connectivity index (χ0n) is 14.3. The van der Waals surface area contributed by atoms with Crippen LogP contribution in [-0.2, 0) is 25.7 Å². The van der Waals surface area contributed by atoms with Crippen LogP contribution in [0.25, 0.3) is 0 Å². The van der Waals surface area contributed by atoms with Crippen molar-refractivity contribution in [3.63, 3.8) is 0 Å². The van der Waals surface area contributed by atoms with Crippen LogP contribution in [0, 0.1) is 0 Å². The van der Waals surface area contributed by atoms with Gasteiger partial charge in [0.2, 0.25) is 5.91 Å². The molecule has 2 fully saturated rings. The number of nitrogens with one attached hydrogen (secondary N) is 2. The molecule has 0 aliphatic carbocycles. The van der Waals surface area contributed by atoms with E-state index in [0.717, 1.165) is 5.56 Å². The number of likely N-dealkylation sites (N-methyl/N-ethyl adjacent to an activating group) is 1. The Morgan fingerprint density at radius 2 is 1.92 bits per heavy atom. The Balaban J connectivity index is 1.56. The largest absolute Gasteiger partial charge is 0.445 e. The average Bonchev–Trinajstić information content (AvgIpc) is 2.66. The summed E-state index contributed by atoms with van der Waals surface area (Å²) in [5, 5.41) is 5.00. The van der Waals surface area contributed by atoms with Crippen LogP contribution in [0.3, 0.4) is 0 Å². The molecule has 2 saturated heterocycles. The van der Waals surface area contributed by atoms with Gasteiger partial charge in [-0.2, -0.15) is 0 Å². The monoisotopic (exact) mass is 360 g/mol. The molecule has 2 heterocycles. The van der Waals surface area contributed by atoms with Crippen molar-refractivity contribution in [2.45, 2.75) is 25.7 Å². The fourth-order valence-electron chi connectivity index (χ4n) is 2.92. The second-order valence-corrected chi connectivity index (χ2v) is 6.02. The molecule has 3 rings (SSSR count). The summed E-state index contributed by atoms with van der Waals surface area (Å²) in [6.07, 6.45) is -1.51. The summed E-state index contributed by atoms with van der Waals surface area (Å²) in [7, 11) is 0. The maximum Gasteiger partial charge on any atom is 0.408 e. The third-order valence-corrected chi connectivity index (χ3v) is 4.43. The van der Waals surface area contributed by atoms with Crippen LogP contribution in [0.1, 0.15) is 12.5 Å². The standard InChI is InChI=1S/C17H20N4O5/c1-2-20-8-9-21(16(24)15(20)23)13-12(14(22)19-13)18-17(25)26-10-11-6-4-3-5-7-11/h3-7,12-13H,2,8-10H2,1H3,(H,18,25)(H,19,22)/t12-,13-/m0/s1. The second kappa shape index (κ2) is 7.42. The number of piperazine rings is 1. The van der Waals surface area contributed by atoms with Gasteiger partial charge in [-0.1, -0.05) is 30.3 Å². The van der Waals surface area contributed by atoms with Crippen LogP contribution in [0.15, 0.2) is 30.3 Å². The smallest absolute Gasteiger partial charge is 0.408 e. The summed E-state index contributed by atoms with van der Waals surface area (Å²) in [6, 6.07) is 8.18. The Labute approximate surface area is 150 Å². The molecule has 26 heavy (non-hydrogen) atoms. The molecule has 0 unspecified atom stereocenters. The number of nitrogens with zero attached hydrogens (tertiary/aromatic N) is 2. The van der Waals surface area contributed by atoms with Gasteiger partial charge in [0.15, 0.2) is 0 Å². The SMILES string of the molecule is CCN1CCN([C@@H]2NC(=O)[C@H]2NC(=O)OCc2ccccc2)C(=O)C1=O. The molecule has 1 aromatic carbocycles. The van der Waals surface area contributed by atoms with Crippen molar-refractivity contribution in [2.24, 2.45) is 0 Å². The van der Waals surface area contributed by atoms with E-state index in [1.807, 2.05) is 30.3 Å². The summed E-state index contributed by atoms with van der Waals surface area (Å²) in [4.78, 5) is 50.7. The first kappa shape index (κ1) is 17.7. The van der Waals surface area contributed by atoms with E-state index >= 15 is 0 Å². The number of alkyl carbamates (subject to hydrolysis) is 1. The summed E-state index contributed by atoms with van der Waals surface area (Å²) in [5.41, 5.74) is 0.814. The van der Waals surface area contributed by atoms with E-state index in [-0.39, 0.29) is 6.61 Å². The van der Waals surface area contributed by atoms with Crippen molar-refractivity contribution < 1.29 is 23.9 Å². The summed E-state index contributed by atoms with van der Waals surface area (Å²) >= 11 is 0. The van der Waals surface area contributed by atoms with E-state index in [4.69, 9.17) is 4.74 Å². The van der Waals surface area contributed by atoms with Crippen LogP contribution in [0.5, 0.6) is 0 Å². The first-order valence-corrected chi connectivity index (χ1v) is 8.38. The Bertz CT molecular complexity index is 723. The fourth-order valence-corrected chi connectivity index (χ4v) is 2.92. The maximum atomic E-state index is 12.2. The molecule has 2 N–H and O–H groups in total.